The molecule has 4 aromatic rings. The van der Waals surface area contributed by atoms with Gasteiger partial charge in [0, 0.05) is 24.4 Å². The molecular weight excluding hydrogens is 460 g/mol. The van der Waals surface area contributed by atoms with E-state index in [9.17, 15) is 8.42 Å². The van der Waals surface area contributed by atoms with Crippen LogP contribution in [0.3, 0.4) is 0 Å². The van der Waals surface area contributed by atoms with Gasteiger partial charge >= 0.3 is 0 Å². The Bertz CT molecular complexity index is 1450. The number of aromatic nitrogens is 3. The maximum atomic E-state index is 13.4. The van der Waals surface area contributed by atoms with Crippen molar-refractivity contribution in [1.29, 1.82) is 0 Å². The molecule has 0 atom stereocenters. The molecule has 11 heteroatoms. The fourth-order valence-electron chi connectivity index (χ4n) is 4.25. The fraction of sp³-hybridized carbons (Fsp3) is 0.304. The molecule has 10 nitrogen and oxygen atoms in total. The third kappa shape index (κ3) is 3.71. The Hall–Kier alpha value is -3.73. The first kappa shape index (κ1) is 22.1. The largest absolute Gasteiger partial charge is 0.495 e. The van der Waals surface area contributed by atoms with Crippen molar-refractivity contribution in [1.82, 2.24) is 14.9 Å². The van der Waals surface area contributed by atoms with E-state index >= 15 is 0 Å². The van der Waals surface area contributed by atoms with Crippen molar-refractivity contribution in [2.45, 2.75) is 37.3 Å². The van der Waals surface area contributed by atoms with Gasteiger partial charge in [-0.05, 0) is 43.7 Å². The van der Waals surface area contributed by atoms with E-state index in [1.165, 1.54) is 14.2 Å². The van der Waals surface area contributed by atoms with Gasteiger partial charge in [0.15, 0.2) is 16.3 Å². The monoisotopic (exact) mass is 484 g/mol. The minimum atomic E-state index is -4.15. The first-order valence-corrected chi connectivity index (χ1v) is 12.0. The predicted molar refractivity (Wildman–Crippen MR) is 124 cm³/mol. The molecule has 1 aliphatic rings. The Morgan fingerprint density at radius 3 is 2.56 bits per heavy atom. The van der Waals surface area contributed by atoms with Crippen LogP contribution in [0.25, 0.3) is 11.0 Å². The number of methoxy groups -OCH3 is 2. The first-order chi connectivity index (χ1) is 16.2. The maximum Gasteiger partial charge on any atom is 0.270 e. The molecule has 34 heavy (non-hydrogen) atoms. The number of hydrogen-bond acceptors (Lipinski definition) is 8. The zero-order chi connectivity index (χ0) is 24.1. The minimum Gasteiger partial charge on any atom is -0.495 e. The van der Waals surface area contributed by atoms with Crippen molar-refractivity contribution < 1.29 is 27.2 Å². The topological polar surface area (TPSA) is 118 Å². The van der Waals surface area contributed by atoms with E-state index in [1.807, 2.05) is 32.2 Å². The molecule has 3 heterocycles. The second kappa shape index (κ2) is 7.94. The summed E-state index contributed by atoms with van der Waals surface area (Å²) in [5, 5.41) is 8.78. The van der Waals surface area contributed by atoms with E-state index < -0.39 is 15.6 Å². The minimum absolute atomic E-state index is 0.0301. The van der Waals surface area contributed by atoms with Gasteiger partial charge in [-0.2, -0.15) is 5.10 Å². The lowest BCUT2D eigenvalue weighted by Gasteiger charge is -2.17. The molecule has 1 aliphatic heterocycles. The van der Waals surface area contributed by atoms with E-state index in [-0.39, 0.29) is 22.2 Å². The summed E-state index contributed by atoms with van der Waals surface area (Å²) in [7, 11) is -1.37. The molecule has 0 bridgehead atoms. The van der Waals surface area contributed by atoms with Crippen LogP contribution in [-0.4, -0.2) is 43.2 Å². The summed E-state index contributed by atoms with van der Waals surface area (Å²) in [4.78, 5) is -0.135. The van der Waals surface area contributed by atoms with Gasteiger partial charge in [0.1, 0.15) is 28.2 Å². The molecule has 178 valence electrons. The van der Waals surface area contributed by atoms with Crippen LogP contribution < -0.4 is 18.9 Å². The Labute approximate surface area is 196 Å². The predicted octanol–water partition coefficient (Wildman–Crippen LogP) is 3.60. The zero-order valence-corrected chi connectivity index (χ0v) is 20.0. The van der Waals surface area contributed by atoms with E-state index in [0.717, 1.165) is 11.1 Å². The van der Waals surface area contributed by atoms with Crippen LogP contribution in [-0.2, 0) is 23.0 Å². The lowest BCUT2D eigenvalue weighted by Crippen LogP contribution is -2.25. The zero-order valence-electron chi connectivity index (χ0n) is 19.2. The number of nitrogens with zero attached hydrogens (tertiary/aromatic N) is 3. The lowest BCUT2D eigenvalue weighted by molar-refractivity contribution is 0.140. The molecule has 2 aromatic carbocycles. The van der Waals surface area contributed by atoms with Crippen molar-refractivity contribution in [2.24, 2.45) is 0 Å². The molecule has 0 unspecified atom stereocenters. The van der Waals surface area contributed by atoms with Crippen molar-refractivity contribution in [2.75, 3.05) is 18.9 Å². The highest BCUT2D eigenvalue weighted by Crippen LogP contribution is 2.46. The average Bonchev–Trinajstić information content (AvgIpc) is 3.51. The van der Waals surface area contributed by atoms with Crippen molar-refractivity contribution in [3.63, 3.8) is 0 Å². The summed E-state index contributed by atoms with van der Waals surface area (Å²) in [5.74, 6) is 0.866. The van der Waals surface area contributed by atoms with Gasteiger partial charge in [-0.1, -0.05) is 11.2 Å². The summed E-state index contributed by atoms with van der Waals surface area (Å²) in [6.45, 7) is 4.48. The Kier molecular flexibility index (Phi) is 5.16. The smallest absolute Gasteiger partial charge is 0.270 e. The van der Waals surface area contributed by atoms with Crippen LogP contribution in [0.4, 0.5) is 5.82 Å². The summed E-state index contributed by atoms with van der Waals surface area (Å²) < 4.78 is 53.5. The number of rotatable bonds is 7. The number of ether oxygens (including phenoxy) is 3. The van der Waals surface area contributed by atoms with Crippen LogP contribution in [0.1, 0.15) is 25.0 Å². The summed E-state index contributed by atoms with van der Waals surface area (Å²) >= 11 is 0. The van der Waals surface area contributed by atoms with E-state index in [4.69, 9.17) is 18.7 Å². The maximum absolute atomic E-state index is 13.4. The number of nitrogens with one attached hydrogen (secondary N) is 1. The van der Waals surface area contributed by atoms with Crippen LogP contribution in [0.2, 0.25) is 0 Å². The van der Waals surface area contributed by atoms with Crippen LogP contribution >= 0.6 is 0 Å². The summed E-state index contributed by atoms with van der Waals surface area (Å²) in [6.07, 6.45) is 4.23. The molecule has 0 amide bonds. The number of benzene rings is 2. The van der Waals surface area contributed by atoms with Gasteiger partial charge in [0.25, 0.3) is 10.0 Å². The molecule has 0 saturated carbocycles. The second-order valence-electron chi connectivity index (χ2n) is 8.59. The highest BCUT2D eigenvalue weighted by molar-refractivity contribution is 7.93. The molecule has 0 aliphatic carbocycles. The van der Waals surface area contributed by atoms with Crippen molar-refractivity contribution >= 4 is 26.8 Å². The van der Waals surface area contributed by atoms with Crippen LogP contribution in [0, 0.1) is 0 Å². The van der Waals surface area contributed by atoms with E-state index in [2.05, 4.69) is 15.0 Å². The lowest BCUT2D eigenvalue weighted by atomic mass is 9.96. The van der Waals surface area contributed by atoms with E-state index in [0.29, 0.717) is 29.7 Å². The van der Waals surface area contributed by atoms with Gasteiger partial charge in [-0.3, -0.25) is 9.40 Å². The fourth-order valence-corrected chi connectivity index (χ4v) is 5.58. The van der Waals surface area contributed by atoms with E-state index in [1.54, 1.807) is 29.1 Å². The molecular formula is C23H24N4O6S. The number of fused-ring (bicyclic) bond motifs is 3. The van der Waals surface area contributed by atoms with Gasteiger partial charge in [-0.15, -0.1) is 0 Å². The summed E-state index contributed by atoms with van der Waals surface area (Å²) in [6, 6.07) is 8.44. The third-order valence-corrected chi connectivity index (χ3v) is 7.07. The van der Waals surface area contributed by atoms with Gasteiger partial charge in [0.05, 0.1) is 20.8 Å². The normalized spacial score (nSPS) is 14.6. The third-order valence-electron chi connectivity index (χ3n) is 5.67. The molecule has 0 fully saturated rings. The highest BCUT2D eigenvalue weighted by Gasteiger charge is 2.37. The molecule has 0 saturated heterocycles. The first-order valence-electron chi connectivity index (χ1n) is 10.6. The quantitative estimate of drug-likeness (QED) is 0.423. The standard InChI is InChI=1S/C23H24N4O6S/c1-23(2)12-15-14(13-27-10-6-9-24-27)11-18-19(20(15)32-23)22(25-33-18)26-34(28,29)21-16(30-3)7-5-8-17(21)31-4/h5-11H,12-13H2,1-4H3,(H,25,26). The Morgan fingerprint density at radius 2 is 1.91 bits per heavy atom. The molecule has 0 spiro atoms. The SMILES string of the molecule is COc1cccc(OC)c1S(=O)(=O)Nc1noc2cc(Cn3cccn3)c3c(c12)OC(C)(C)C3. The number of hydrogen-bond donors (Lipinski definition) is 1. The summed E-state index contributed by atoms with van der Waals surface area (Å²) in [5.41, 5.74) is 1.86. The van der Waals surface area contributed by atoms with Crippen molar-refractivity contribution in [3.8, 4) is 17.2 Å². The average molecular weight is 485 g/mol. The Balaban J connectivity index is 1.62. The highest BCUT2D eigenvalue weighted by atomic mass is 32.2. The number of sulfonamides is 1. The molecule has 1 N–H and O–H groups in total. The second-order valence-corrected chi connectivity index (χ2v) is 10.2. The van der Waals surface area contributed by atoms with Gasteiger partial charge in [0.2, 0.25) is 0 Å². The molecule has 5 rings (SSSR count). The van der Waals surface area contributed by atoms with Gasteiger partial charge < -0.3 is 18.7 Å². The number of anilines is 1. The molecule has 2 aromatic heterocycles. The van der Waals surface area contributed by atoms with Crippen LogP contribution in [0.15, 0.2) is 52.1 Å². The Morgan fingerprint density at radius 1 is 1.18 bits per heavy atom. The van der Waals surface area contributed by atoms with Crippen molar-refractivity contribution in [3.05, 3.63) is 53.9 Å². The van der Waals surface area contributed by atoms with Gasteiger partial charge in [-0.25, -0.2) is 8.42 Å². The van der Waals surface area contributed by atoms with Crippen LogP contribution in [0.5, 0.6) is 17.2 Å². The molecule has 0 radical (unpaired) electrons.